The quantitative estimate of drug-likeness (QED) is 0.693. The molecule has 18 heavy (non-hydrogen) atoms. The highest BCUT2D eigenvalue weighted by Gasteiger charge is 2.39. The molecule has 102 valence electrons. The number of sulfone groups is 1. The molecule has 0 aliphatic carbocycles. The molecular weight excluding hydrogens is 254 g/mol. The Morgan fingerprint density at radius 3 is 2.67 bits per heavy atom. The molecule has 2 atom stereocenters. The third-order valence-corrected chi connectivity index (χ3v) is 6.00. The van der Waals surface area contributed by atoms with Crippen molar-refractivity contribution in [1.82, 2.24) is 4.90 Å². The van der Waals surface area contributed by atoms with Gasteiger partial charge in [-0.3, -0.25) is 9.59 Å². The Labute approximate surface area is 107 Å². The van der Waals surface area contributed by atoms with Gasteiger partial charge >= 0.3 is 0 Å². The van der Waals surface area contributed by atoms with Crippen molar-refractivity contribution in [2.75, 3.05) is 18.8 Å². The van der Waals surface area contributed by atoms with E-state index in [1.807, 2.05) is 0 Å². The molecule has 2 fully saturated rings. The Balaban J connectivity index is 2.09. The first-order valence-electron chi connectivity index (χ1n) is 6.45. The molecule has 2 saturated heterocycles. The van der Waals surface area contributed by atoms with E-state index in [-0.39, 0.29) is 23.4 Å². The lowest BCUT2D eigenvalue weighted by atomic mass is 9.98. The monoisotopic (exact) mass is 273 g/mol. The number of rotatable bonds is 1. The number of hydrogen-bond acceptors (Lipinski definition) is 4. The Bertz CT molecular complexity index is 457. The molecule has 0 aromatic heterocycles. The van der Waals surface area contributed by atoms with Gasteiger partial charge in [0.1, 0.15) is 11.0 Å². The molecule has 0 radical (unpaired) electrons. The van der Waals surface area contributed by atoms with Gasteiger partial charge in [0.2, 0.25) is 5.91 Å². The largest absolute Gasteiger partial charge is 0.340 e. The minimum Gasteiger partial charge on any atom is -0.340 e. The van der Waals surface area contributed by atoms with Crippen LogP contribution in [-0.4, -0.2) is 49.1 Å². The van der Waals surface area contributed by atoms with Crippen molar-refractivity contribution in [3.8, 4) is 0 Å². The lowest BCUT2D eigenvalue weighted by Gasteiger charge is -2.33. The third-order valence-electron chi connectivity index (χ3n) is 3.84. The smallest absolute Gasteiger partial charge is 0.240 e. The van der Waals surface area contributed by atoms with E-state index in [9.17, 15) is 18.0 Å². The van der Waals surface area contributed by atoms with E-state index in [0.717, 1.165) is 6.42 Å². The van der Waals surface area contributed by atoms with Crippen LogP contribution in [0.15, 0.2) is 0 Å². The van der Waals surface area contributed by atoms with Crippen LogP contribution in [0.3, 0.4) is 0 Å². The molecule has 2 aliphatic heterocycles. The molecule has 0 aromatic rings. The van der Waals surface area contributed by atoms with Crippen molar-refractivity contribution < 1.29 is 18.0 Å². The highest BCUT2D eigenvalue weighted by molar-refractivity contribution is 7.92. The number of piperidine rings is 1. The van der Waals surface area contributed by atoms with E-state index in [0.29, 0.717) is 32.4 Å². The van der Waals surface area contributed by atoms with Gasteiger partial charge in [-0.2, -0.15) is 0 Å². The van der Waals surface area contributed by atoms with E-state index >= 15 is 0 Å². The summed E-state index contributed by atoms with van der Waals surface area (Å²) in [5.74, 6) is -0.195. The summed E-state index contributed by atoms with van der Waals surface area (Å²) in [6.07, 6.45) is 2.22. The Morgan fingerprint density at radius 1 is 1.33 bits per heavy atom. The maximum atomic E-state index is 12.3. The Hall–Kier alpha value is -0.910. The molecular formula is C12H19NO4S. The SMILES string of the molecule is CC1CN(C(=O)C2CCCCS2(=O)=O)CCC1=O. The second-order valence-corrected chi connectivity index (χ2v) is 7.56. The normalized spacial score (nSPS) is 32.3. The van der Waals surface area contributed by atoms with Crippen molar-refractivity contribution >= 4 is 21.5 Å². The van der Waals surface area contributed by atoms with Crippen LogP contribution < -0.4 is 0 Å². The molecule has 2 unspecified atom stereocenters. The maximum absolute atomic E-state index is 12.3. The topological polar surface area (TPSA) is 71.5 Å². The molecule has 0 aromatic carbocycles. The molecule has 2 aliphatic rings. The van der Waals surface area contributed by atoms with E-state index in [2.05, 4.69) is 0 Å². The zero-order valence-electron chi connectivity index (χ0n) is 10.6. The summed E-state index contributed by atoms with van der Waals surface area (Å²) in [6.45, 7) is 2.52. The van der Waals surface area contributed by atoms with Gasteiger partial charge in [-0.15, -0.1) is 0 Å². The minimum absolute atomic E-state index is 0.117. The van der Waals surface area contributed by atoms with Crippen molar-refractivity contribution in [2.24, 2.45) is 5.92 Å². The van der Waals surface area contributed by atoms with Crippen molar-refractivity contribution in [1.29, 1.82) is 0 Å². The second kappa shape index (κ2) is 4.99. The molecule has 2 heterocycles. The van der Waals surface area contributed by atoms with E-state index < -0.39 is 15.1 Å². The average molecular weight is 273 g/mol. The fraction of sp³-hybridized carbons (Fsp3) is 0.833. The molecule has 1 amide bonds. The van der Waals surface area contributed by atoms with E-state index in [4.69, 9.17) is 0 Å². The minimum atomic E-state index is -3.28. The van der Waals surface area contributed by atoms with Crippen LogP contribution in [0.2, 0.25) is 0 Å². The van der Waals surface area contributed by atoms with E-state index in [1.165, 1.54) is 0 Å². The first-order chi connectivity index (χ1) is 8.42. The molecule has 0 bridgehead atoms. The molecule has 2 rings (SSSR count). The highest BCUT2D eigenvalue weighted by Crippen LogP contribution is 2.23. The van der Waals surface area contributed by atoms with Crippen LogP contribution in [0.1, 0.15) is 32.6 Å². The standard InChI is InChI=1S/C12H19NO4S/c1-9-8-13(6-5-10(9)14)12(15)11-4-2-3-7-18(11,16)17/h9,11H,2-8H2,1H3. The van der Waals surface area contributed by atoms with E-state index in [1.54, 1.807) is 11.8 Å². The van der Waals surface area contributed by atoms with Crippen LogP contribution in [0, 0.1) is 5.92 Å². The Morgan fingerprint density at radius 2 is 2.06 bits per heavy atom. The molecule has 0 N–H and O–H groups in total. The summed E-state index contributed by atoms with van der Waals surface area (Å²) in [5, 5.41) is -0.869. The number of amides is 1. The summed E-state index contributed by atoms with van der Waals surface area (Å²) in [6, 6.07) is 0. The van der Waals surface area contributed by atoms with Crippen LogP contribution in [0.4, 0.5) is 0 Å². The summed E-state index contributed by atoms with van der Waals surface area (Å²) in [5.41, 5.74) is 0. The number of carbonyl (C=O) groups is 2. The van der Waals surface area contributed by atoms with Gasteiger partial charge in [0.25, 0.3) is 0 Å². The number of ketones is 1. The van der Waals surface area contributed by atoms with Crippen molar-refractivity contribution in [2.45, 2.75) is 37.9 Å². The van der Waals surface area contributed by atoms with Gasteiger partial charge in [0.05, 0.1) is 5.75 Å². The van der Waals surface area contributed by atoms with Crippen molar-refractivity contribution in [3.63, 3.8) is 0 Å². The number of hydrogen-bond donors (Lipinski definition) is 0. The van der Waals surface area contributed by atoms with Gasteiger partial charge in [-0.25, -0.2) is 8.42 Å². The van der Waals surface area contributed by atoms with Crippen LogP contribution >= 0.6 is 0 Å². The zero-order valence-corrected chi connectivity index (χ0v) is 11.4. The number of likely N-dealkylation sites (tertiary alicyclic amines) is 1. The van der Waals surface area contributed by atoms with Crippen LogP contribution in [-0.2, 0) is 19.4 Å². The van der Waals surface area contributed by atoms with Gasteiger partial charge in [-0.05, 0) is 12.8 Å². The van der Waals surface area contributed by atoms with Crippen LogP contribution in [0.5, 0.6) is 0 Å². The summed E-state index contributed by atoms with van der Waals surface area (Å²) in [7, 11) is -3.28. The third kappa shape index (κ3) is 2.58. The predicted molar refractivity (Wildman–Crippen MR) is 66.8 cm³/mol. The lowest BCUT2D eigenvalue weighted by Crippen LogP contribution is -2.50. The Kier molecular flexibility index (Phi) is 3.75. The molecule has 0 saturated carbocycles. The average Bonchev–Trinajstić information content (AvgIpc) is 2.31. The van der Waals surface area contributed by atoms with Gasteiger partial charge in [0.15, 0.2) is 9.84 Å². The molecule has 6 heteroatoms. The van der Waals surface area contributed by atoms with Gasteiger partial charge in [0, 0.05) is 25.4 Å². The van der Waals surface area contributed by atoms with Gasteiger partial charge in [-0.1, -0.05) is 13.3 Å². The molecule has 0 spiro atoms. The van der Waals surface area contributed by atoms with Crippen LogP contribution in [0.25, 0.3) is 0 Å². The highest BCUT2D eigenvalue weighted by atomic mass is 32.2. The fourth-order valence-electron chi connectivity index (χ4n) is 2.65. The second-order valence-electron chi connectivity index (χ2n) is 5.25. The summed E-state index contributed by atoms with van der Waals surface area (Å²) >= 11 is 0. The predicted octanol–water partition coefficient (Wildman–Crippen LogP) is 0.391. The number of carbonyl (C=O) groups excluding carboxylic acids is 2. The summed E-state index contributed by atoms with van der Waals surface area (Å²) < 4.78 is 23.8. The first kappa shape index (κ1) is 13.5. The van der Waals surface area contributed by atoms with Crippen molar-refractivity contribution in [3.05, 3.63) is 0 Å². The lowest BCUT2D eigenvalue weighted by molar-refractivity contribution is -0.136. The van der Waals surface area contributed by atoms with Gasteiger partial charge < -0.3 is 4.90 Å². The fourth-order valence-corrected chi connectivity index (χ4v) is 4.52. The first-order valence-corrected chi connectivity index (χ1v) is 8.16. The number of Topliss-reactive ketones (excluding diaryl/α,β-unsaturated/α-hetero) is 1. The summed E-state index contributed by atoms with van der Waals surface area (Å²) in [4.78, 5) is 25.2. The molecule has 5 nitrogen and oxygen atoms in total. The zero-order chi connectivity index (χ0) is 13.3. The number of nitrogens with zero attached hydrogens (tertiary/aromatic N) is 1. The maximum Gasteiger partial charge on any atom is 0.240 e.